The summed E-state index contributed by atoms with van der Waals surface area (Å²) in [5, 5.41) is 2.87. The van der Waals surface area contributed by atoms with E-state index in [1.54, 1.807) is 42.5 Å². The van der Waals surface area contributed by atoms with Crippen molar-refractivity contribution in [3.05, 3.63) is 90.0 Å². The van der Waals surface area contributed by atoms with Crippen LogP contribution >= 0.6 is 0 Å². The number of methoxy groups -OCH3 is 1. The predicted molar refractivity (Wildman–Crippen MR) is 138 cm³/mol. The van der Waals surface area contributed by atoms with Crippen LogP contribution < -0.4 is 14.4 Å². The highest BCUT2D eigenvalue weighted by Gasteiger charge is 2.27. The second kappa shape index (κ2) is 12.0. The molecule has 1 heterocycles. The monoisotopic (exact) mass is 509 g/mol. The fraction of sp³-hybridized carbons (Fsp3) is 0.296. The topological polar surface area (TPSA) is 88.2 Å². The van der Waals surface area contributed by atoms with E-state index in [4.69, 9.17) is 9.47 Å². The van der Waals surface area contributed by atoms with Gasteiger partial charge in [-0.15, -0.1) is 0 Å². The molecule has 3 aromatic rings. The second-order valence-corrected chi connectivity index (χ2v) is 10.4. The summed E-state index contributed by atoms with van der Waals surface area (Å²) >= 11 is 0. The first kappa shape index (κ1) is 25.7. The molecule has 0 aromatic heterocycles. The summed E-state index contributed by atoms with van der Waals surface area (Å²) in [4.78, 5) is 15.4. The predicted octanol–water partition coefficient (Wildman–Crippen LogP) is 3.04. The molecular weight excluding hydrogens is 478 g/mol. The van der Waals surface area contributed by atoms with E-state index in [0.29, 0.717) is 18.0 Å². The van der Waals surface area contributed by atoms with Gasteiger partial charge in [0.05, 0.1) is 30.9 Å². The van der Waals surface area contributed by atoms with Crippen LogP contribution in [0.15, 0.2) is 83.8 Å². The molecule has 0 bridgehead atoms. The lowest BCUT2D eigenvalue weighted by molar-refractivity contribution is -0.119. The summed E-state index contributed by atoms with van der Waals surface area (Å²) in [6.45, 7) is 4.06. The van der Waals surface area contributed by atoms with E-state index >= 15 is 0 Å². The summed E-state index contributed by atoms with van der Waals surface area (Å²) in [5.74, 6) is 0.195. The lowest BCUT2D eigenvalue weighted by Crippen LogP contribution is -2.40. The number of amides is 1. The maximum absolute atomic E-state index is 13.4. The molecule has 9 heteroatoms. The van der Waals surface area contributed by atoms with E-state index in [1.807, 2.05) is 12.1 Å². The van der Waals surface area contributed by atoms with Crippen molar-refractivity contribution in [2.45, 2.75) is 18.0 Å². The molecule has 1 amide bonds. The zero-order chi connectivity index (χ0) is 25.4. The molecule has 0 unspecified atom stereocenters. The first-order valence-electron chi connectivity index (χ1n) is 11.8. The van der Waals surface area contributed by atoms with Crippen LogP contribution in [0.2, 0.25) is 0 Å². The minimum atomic E-state index is -3.96. The van der Waals surface area contributed by atoms with E-state index in [2.05, 4.69) is 22.3 Å². The highest BCUT2D eigenvalue weighted by molar-refractivity contribution is 7.92. The molecule has 1 N–H and O–H groups in total. The standard InChI is InChI=1S/C27H31N3O5S/c1-34-25-12-10-24(11-13-25)30(36(32,33)26-8-3-2-4-9-26)21-27(31)28-19-22-6-5-7-23(18-22)20-29-14-16-35-17-15-29/h2-13,18H,14-17,19-21H2,1H3,(H,28,31). The average Bonchev–Trinajstić information content (AvgIpc) is 2.92. The largest absolute Gasteiger partial charge is 0.497 e. The molecule has 1 saturated heterocycles. The van der Waals surface area contributed by atoms with Crippen molar-refractivity contribution in [2.75, 3.05) is 44.3 Å². The summed E-state index contributed by atoms with van der Waals surface area (Å²) in [6, 6.07) is 22.7. The molecule has 1 fully saturated rings. The van der Waals surface area contributed by atoms with Gasteiger partial charge in [-0.05, 0) is 47.5 Å². The van der Waals surface area contributed by atoms with E-state index < -0.39 is 15.9 Å². The third kappa shape index (κ3) is 6.63. The van der Waals surface area contributed by atoms with E-state index in [1.165, 1.54) is 19.2 Å². The van der Waals surface area contributed by atoms with Crippen molar-refractivity contribution in [3.63, 3.8) is 0 Å². The number of morpholine rings is 1. The van der Waals surface area contributed by atoms with Gasteiger partial charge in [0.25, 0.3) is 10.0 Å². The van der Waals surface area contributed by atoms with Crippen LogP contribution in [0.1, 0.15) is 11.1 Å². The Balaban J connectivity index is 1.46. The number of anilines is 1. The van der Waals surface area contributed by atoms with Gasteiger partial charge in [-0.25, -0.2) is 8.42 Å². The molecule has 0 radical (unpaired) electrons. The summed E-state index contributed by atoms with van der Waals surface area (Å²) < 4.78 is 38.6. The highest BCUT2D eigenvalue weighted by atomic mass is 32.2. The first-order valence-corrected chi connectivity index (χ1v) is 13.3. The maximum atomic E-state index is 13.4. The quantitative estimate of drug-likeness (QED) is 0.452. The Hall–Kier alpha value is -3.40. The van der Waals surface area contributed by atoms with Gasteiger partial charge in [0.2, 0.25) is 5.91 Å². The van der Waals surface area contributed by atoms with Crippen LogP contribution in [0.25, 0.3) is 0 Å². The van der Waals surface area contributed by atoms with Crippen LogP contribution in [0.3, 0.4) is 0 Å². The van der Waals surface area contributed by atoms with Gasteiger partial charge in [0, 0.05) is 26.2 Å². The van der Waals surface area contributed by atoms with Crippen LogP contribution in [0, 0.1) is 0 Å². The molecule has 0 atom stereocenters. The van der Waals surface area contributed by atoms with Crippen molar-refractivity contribution in [1.29, 1.82) is 0 Å². The van der Waals surface area contributed by atoms with Crippen molar-refractivity contribution in [2.24, 2.45) is 0 Å². The molecule has 1 aliphatic rings. The number of carbonyl (C=O) groups excluding carboxylic acids is 1. The molecule has 190 valence electrons. The fourth-order valence-corrected chi connectivity index (χ4v) is 5.47. The Labute approximate surface area is 212 Å². The Kier molecular flexibility index (Phi) is 8.58. The minimum absolute atomic E-state index is 0.115. The number of nitrogens with one attached hydrogen (secondary N) is 1. The van der Waals surface area contributed by atoms with Gasteiger partial charge in [-0.2, -0.15) is 0 Å². The zero-order valence-corrected chi connectivity index (χ0v) is 21.1. The lowest BCUT2D eigenvalue weighted by Gasteiger charge is -2.26. The molecule has 0 saturated carbocycles. The number of ether oxygens (including phenoxy) is 2. The number of hydrogen-bond acceptors (Lipinski definition) is 6. The van der Waals surface area contributed by atoms with Gasteiger partial charge in [0.1, 0.15) is 12.3 Å². The minimum Gasteiger partial charge on any atom is -0.497 e. The third-order valence-corrected chi connectivity index (χ3v) is 7.76. The summed E-state index contributed by atoms with van der Waals surface area (Å²) in [5.41, 5.74) is 2.49. The van der Waals surface area contributed by atoms with Crippen molar-refractivity contribution in [1.82, 2.24) is 10.2 Å². The van der Waals surface area contributed by atoms with Gasteiger partial charge in [-0.1, -0.05) is 42.5 Å². The highest BCUT2D eigenvalue weighted by Crippen LogP contribution is 2.25. The number of sulfonamides is 1. The molecule has 0 aliphatic carbocycles. The third-order valence-electron chi connectivity index (χ3n) is 5.97. The molecule has 3 aromatic carbocycles. The number of nitrogens with zero attached hydrogens (tertiary/aromatic N) is 2. The van der Waals surface area contributed by atoms with Gasteiger partial charge >= 0.3 is 0 Å². The second-order valence-electron chi connectivity index (χ2n) is 8.51. The molecular formula is C27H31N3O5S. The summed E-state index contributed by atoms with van der Waals surface area (Å²) in [7, 11) is -2.42. The molecule has 1 aliphatic heterocycles. The molecule has 8 nitrogen and oxygen atoms in total. The van der Waals surface area contributed by atoms with Crippen LogP contribution in [-0.4, -0.2) is 59.2 Å². The number of hydrogen-bond donors (Lipinski definition) is 1. The first-order chi connectivity index (χ1) is 17.5. The smallest absolute Gasteiger partial charge is 0.264 e. The fourth-order valence-electron chi connectivity index (χ4n) is 4.03. The van der Waals surface area contributed by atoms with Crippen molar-refractivity contribution in [3.8, 4) is 5.75 Å². The number of rotatable bonds is 10. The Bertz CT molecular complexity index is 1240. The van der Waals surface area contributed by atoms with Gasteiger partial charge in [-0.3, -0.25) is 14.0 Å². The van der Waals surface area contributed by atoms with Crippen LogP contribution in [0.5, 0.6) is 5.75 Å². The molecule has 36 heavy (non-hydrogen) atoms. The van der Waals surface area contributed by atoms with Crippen molar-refractivity contribution < 1.29 is 22.7 Å². The maximum Gasteiger partial charge on any atom is 0.264 e. The van der Waals surface area contributed by atoms with Crippen molar-refractivity contribution >= 4 is 21.6 Å². The normalized spacial score (nSPS) is 14.2. The number of benzene rings is 3. The number of carbonyl (C=O) groups is 1. The average molecular weight is 510 g/mol. The lowest BCUT2D eigenvalue weighted by atomic mass is 10.1. The summed E-state index contributed by atoms with van der Waals surface area (Å²) in [6.07, 6.45) is 0. The Morgan fingerprint density at radius 3 is 2.36 bits per heavy atom. The van der Waals surface area contributed by atoms with Crippen LogP contribution in [0.4, 0.5) is 5.69 Å². The Morgan fingerprint density at radius 1 is 0.972 bits per heavy atom. The van der Waals surface area contributed by atoms with E-state index in [9.17, 15) is 13.2 Å². The molecule has 0 spiro atoms. The zero-order valence-electron chi connectivity index (χ0n) is 20.3. The molecule has 4 rings (SSSR count). The van der Waals surface area contributed by atoms with E-state index in [0.717, 1.165) is 48.3 Å². The SMILES string of the molecule is COc1ccc(N(CC(=O)NCc2cccc(CN3CCOCC3)c2)S(=O)(=O)c2ccccc2)cc1. The van der Waals surface area contributed by atoms with Gasteiger partial charge < -0.3 is 14.8 Å². The van der Waals surface area contributed by atoms with E-state index in [-0.39, 0.29) is 11.4 Å². The van der Waals surface area contributed by atoms with Crippen LogP contribution in [-0.2, 0) is 32.6 Å². The Morgan fingerprint density at radius 2 is 1.67 bits per heavy atom. The van der Waals surface area contributed by atoms with Gasteiger partial charge in [0.15, 0.2) is 0 Å².